The van der Waals surface area contributed by atoms with Crippen molar-refractivity contribution in [1.82, 2.24) is 15.1 Å². The summed E-state index contributed by atoms with van der Waals surface area (Å²) in [6, 6.07) is 20.1. The Kier molecular flexibility index (Phi) is 7.88. The Hall–Kier alpha value is -0.990. The van der Waals surface area contributed by atoms with Gasteiger partial charge in [0.1, 0.15) is 0 Å². The van der Waals surface area contributed by atoms with Crippen LogP contribution in [0.3, 0.4) is 0 Å². The molecule has 1 fully saturated rings. The van der Waals surface area contributed by atoms with E-state index in [1.54, 1.807) is 0 Å². The van der Waals surface area contributed by atoms with Gasteiger partial charge in [-0.15, -0.1) is 0 Å². The molecule has 1 heterocycles. The molecule has 0 radical (unpaired) electrons. The van der Waals surface area contributed by atoms with Crippen molar-refractivity contribution in [3.8, 4) is 0 Å². The van der Waals surface area contributed by atoms with Gasteiger partial charge in [0.15, 0.2) is 0 Å². The second-order valence-corrected chi connectivity index (χ2v) is 7.96. The van der Waals surface area contributed by atoms with Gasteiger partial charge in [0.25, 0.3) is 0 Å². The van der Waals surface area contributed by atoms with Crippen LogP contribution in [0.25, 0.3) is 0 Å². The summed E-state index contributed by atoms with van der Waals surface area (Å²) in [5.41, 5.74) is 2.74. The molecule has 1 aliphatic heterocycles. The van der Waals surface area contributed by atoms with Crippen molar-refractivity contribution in [3.63, 3.8) is 0 Å². The van der Waals surface area contributed by atoms with E-state index in [1.807, 2.05) is 0 Å². The molecule has 2 aromatic carbocycles. The van der Waals surface area contributed by atoms with Crippen molar-refractivity contribution in [2.24, 2.45) is 0 Å². The maximum Gasteiger partial charge on any atom is 0.0602 e. The Morgan fingerprint density at radius 3 is 2.19 bits per heavy atom. The number of halogens is 1. The van der Waals surface area contributed by atoms with E-state index in [-0.39, 0.29) is 6.61 Å². The smallest absolute Gasteiger partial charge is 0.0602 e. The van der Waals surface area contributed by atoms with E-state index in [2.05, 4.69) is 92.3 Å². The number of rotatable bonds is 8. The minimum absolute atomic E-state index is 0.211. The van der Waals surface area contributed by atoms with Crippen molar-refractivity contribution in [1.29, 1.82) is 0 Å². The lowest BCUT2D eigenvalue weighted by atomic mass is 9.96. The second-order valence-electron chi connectivity index (χ2n) is 6.72. The molecular weight excluding hydrogens is 437 g/mol. The van der Waals surface area contributed by atoms with Gasteiger partial charge in [0.05, 0.1) is 12.6 Å². The Morgan fingerprint density at radius 1 is 0.885 bits per heavy atom. The van der Waals surface area contributed by atoms with E-state index >= 15 is 0 Å². The van der Waals surface area contributed by atoms with Gasteiger partial charge in [0, 0.05) is 49.4 Å². The SMILES string of the molecule is OCCNCCN1CCN(C(c2ccccc2)c2ccc(I)cc2)CC1. The quantitative estimate of drug-likeness (QED) is 0.465. The topological polar surface area (TPSA) is 38.7 Å². The van der Waals surface area contributed by atoms with Crippen LogP contribution in [0, 0.1) is 3.57 Å². The average Bonchev–Trinajstić information content (AvgIpc) is 2.69. The Balaban J connectivity index is 1.66. The first-order valence-corrected chi connectivity index (χ1v) is 10.4. The Bertz CT molecular complexity index is 642. The summed E-state index contributed by atoms with van der Waals surface area (Å²) in [7, 11) is 0. The number of hydrogen-bond donors (Lipinski definition) is 2. The molecule has 2 aromatic rings. The predicted octanol–water partition coefficient (Wildman–Crippen LogP) is 2.58. The number of nitrogens with one attached hydrogen (secondary N) is 1. The minimum Gasteiger partial charge on any atom is -0.395 e. The number of hydrogen-bond acceptors (Lipinski definition) is 4. The maximum absolute atomic E-state index is 8.85. The third-order valence-corrected chi connectivity index (χ3v) is 5.69. The number of aliphatic hydroxyl groups excluding tert-OH is 1. The lowest BCUT2D eigenvalue weighted by Crippen LogP contribution is -2.49. The normalized spacial score (nSPS) is 17.3. The standard InChI is InChI=1S/C21H28IN3O/c22-20-8-6-19(7-9-20)21(18-4-2-1-3-5-18)25-15-13-24(14-16-25)12-10-23-11-17-26/h1-9,21,23,26H,10-17H2. The van der Waals surface area contributed by atoms with Crippen molar-refractivity contribution in [3.05, 3.63) is 69.3 Å². The molecule has 1 aliphatic rings. The maximum atomic E-state index is 8.85. The molecule has 0 saturated carbocycles. The van der Waals surface area contributed by atoms with Gasteiger partial charge < -0.3 is 10.4 Å². The summed E-state index contributed by atoms with van der Waals surface area (Å²) in [6.45, 7) is 7.22. The molecule has 0 aromatic heterocycles. The molecule has 5 heteroatoms. The van der Waals surface area contributed by atoms with Gasteiger partial charge >= 0.3 is 0 Å². The minimum atomic E-state index is 0.211. The lowest BCUT2D eigenvalue weighted by molar-refractivity contribution is 0.110. The molecule has 140 valence electrons. The highest BCUT2D eigenvalue weighted by Crippen LogP contribution is 2.29. The van der Waals surface area contributed by atoms with E-state index in [4.69, 9.17) is 5.11 Å². The van der Waals surface area contributed by atoms with E-state index in [9.17, 15) is 0 Å². The van der Waals surface area contributed by atoms with Crippen LogP contribution in [0.1, 0.15) is 17.2 Å². The summed E-state index contributed by atoms with van der Waals surface area (Å²) in [5, 5.41) is 12.1. The molecule has 2 N–H and O–H groups in total. The molecule has 26 heavy (non-hydrogen) atoms. The van der Waals surface area contributed by atoms with Crippen LogP contribution >= 0.6 is 22.6 Å². The first kappa shape index (κ1) is 19.8. The van der Waals surface area contributed by atoms with Gasteiger partial charge in [0.2, 0.25) is 0 Å². The third kappa shape index (κ3) is 5.50. The van der Waals surface area contributed by atoms with Crippen molar-refractivity contribution in [2.45, 2.75) is 6.04 Å². The highest BCUT2D eigenvalue weighted by atomic mass is 127. The fourth-order valence-corrected chi connectivity index (χ4v) is 3.94. The summed E-state index contributed by atoms with van der Waals surface area (Å²) in [6.07, 6.45) is 0. The molecular formula is C21H28IN3O. The van der Waals surface area contributed by atoms with Crippen LogP contribution in [0.4, 0.5) is 0 Å². The molecule has 0 spiro atoms. The zero-order chi connectivity index (χ0) is 18.2. The largest absolute Gasteiger partial charge is 0.395 e. The number of nitrogens with zero attached hydrogens (tertiary/aromatic N) is 2. The van der Waals surface area contributed by atoms with Crippen LogP contribution in [-0.4, -0.2) is 67.3 Å². The average molecular weight is 465 g/mol. The van der Waals surface area contributed by atoms with Crippen molar-refractivity contribution in [2.75, 3.05) is 52.4 Å². The lowest BCUT2D eigenvalue weighted by Gasteiger charge is -2.40. The van der Waals surface area contributed by atoms with E-state index in [1.165, 1.54) is 14.7 Å². The highest BCUT2D eigenvalue weighted by molar-refractivity contribution is 14.1. The molecule has 0 bridgehead atoms. The monoisotopic (exact) mass is 465 g/mol. The van der Waals surface area contributed by atoms with Crippen LogP contribution in [0.2, 0.25) is 0 Å². The van der Waals surface area contributed by atoms with Crippen LogP contribution in [-0.2, 0) is 0 Å². The van der Waals surface area contributed by atoms with Crippen LogP contribution < -0.4 is 5.32 Å². The van der Waals surface area contributed by atoms with Gasteiger partial charge in [-0.25, -0.2) is 0 Å². The number of aliphatic hydroxyl groups is 1. The first-order valence-electron chi connectivity index (χ1n) is 9.36. The first-order chi connectivity index (χ1) is 12.8. The van der Waals surface area contributed by atoms with E-state index in [0.29, 0.717) is 12.6 Å². The van der Waals surface area contributed by atoms with Crippen molar-refractivity contribution < 1.29 is 5.11 Å². The van der Waals surface area contributed by atoms with Gasteiger partial charge in [-0.2, -0.15) is 0 Å². The predicted molar refractivity (Wildman–Crippen MR) is 115 cm³/mol. The third-order valence-electron chi connectivity index (χ3n) is 4.97. The molecule has 1 atom stereocenters. The van der Waals surface area contributed by atoms with Gasteiger partial charge in [-0.1, -0.05) is 42.5 Å². The second kappa shape index (κ2) is 10.4. The molecule has 0 aliphatic carbocycles. The number of benzene rings is 2. The van der Waals surface area contributed by atoms with Gasteiger partial charge in [-0.3, -0.25) is 9.80 Å². The number of piperazine rings is 1. The Labute approximate surface area is 170 Å². The van der Waals surface area contributed by atoms with E-state index in [0.717, 1.165) is 39.3 Å². The fourth-order valence-electron chi connectivity index (χ4n) is 3.58. The van der Waals surface area contributed by atoms with Gasteiger partial charge in [-0.05, 0) is 45.9 Å². The summed E-state index contributed by atoms with van der Waals surface area (Å²) >= 11 is 2.37. The van der Waals surface area contributed by atoms with E-state index < -0.39 is 0 Å². The molecule has 3 rings (SSSR count). The fraction of sp³-hybridized carbons (Fsp3) is 0.429. The summed E-state index contributed by atoms with van der Waals surface area (Å²) in [4.78, 5) is 5.12. The molecule has 0 amide bonds. The highest BCUT2D eigenvalue weighted by Gasteiger charge is 2.26. The molecule has 4 nitrogen and oxygen atoms in total. The summed E-state index contributed by atoms with van der Waals surface area (Å²) < 4.78 is 1.28. The zero-order valence-corrected chi connectivity index (χ0v) is 17.3. The summed E-state index contributed by atoms with van der Waals surface area (Å²) in [5.74, 6) is 0. The van der Waals surface area contributed by atoms with Crippen molar-refractivity contribution >= 4 is 22.6 Å². The molecule has 1 unspecified atom stereocenters. The molecule has 1 saturated heterocycles. The Morgan fingerprint density at radius 2 is 1.54 bits per heavy atom. The zero-order valence-electron chi connectivity index (χ0n) is 15.1. The van der Waals surface area contributed by atoms with Crippen LogP contribution in [0.15, 0.2) is 54.6 Å². The van der Waals surface area contributed by atoms with Crippen LogP contribution in [0.5, 0.6) is 0 Å².